The van der Waals surface area contributed by atoms with E-state index in [1.54, 1.807) is 6.92 Å². The molecule has 0 aromatic heterocycles. The first-order valence-electron chi connectivity index (χ1n) is 4.68. The molecule has 0 N–H and O–H groups in total. The number of hydrogen-bond acceptors (Lipinski definition) is 1. The van der Waals surface area contributed by atoms with Crippen LogP contribution in [0.3, 0.4) is 0 Å². The third-order valence-electron chi connectivity index (χ3n) is 1.68. The van der Waals surface area contributed by atoms with Crippen molar-refractivity contribution in [3.8, 4) is 0 Å². The summed E-state index contributed by atoms with van der Waals surface area (Å²) in [6.45, 7) is 8.12. The molecule has 0 aromatic rings. The highest BCUT2D eigenvalue weighted by Crippen LogP contribution is 2.07. The summed E-state index contributed by atoms with van der Waals surface area (Å²) in [5, 5.41) is 0. The van der Waals surface area contributed by atoms with E-state index in [1.165, 1.54) is 0 Å². The quantitative estimate of drug-likeness (QED) is 0.576. The molecule has 0 aromatic carbocycles. The maximum Gasteiger partial charge on any atom is 0.130 e. The molecule has 0 aliphatic rings. The van der Waals surface area contributed by atoms with Gasteiger partial charge in [-0.3, -0.25) is 0 Å². The summed E-state index contributed by atoms with van der Waals surface area (Å²) in [4.78, 5) is 10.7. The average molecular weight is 168 g/mol. The van der Waals surface area contributed by atoms with Crippen LogP contribution >= 0.6 is 0 Å². The summed E-state index contributed by atoms with van der Waals surface area (Å²) >= 11 is 0. The van der Waals surface area contributed by atoms with E-state index in [0.29, 0.717) is 18.3 Å². The minimum absolute atomic E-state index is 0.275. The molecular weight excluding hydrogens is 148 g/mol. The van der Waals surface area contributed by atoms with Crippen molar-refractivity contribution in [2.45, 2.75) is 40.5 Å². The molecule has 0 heterocycles. The molecule has 0 saturated carbocycles. The van der Waals surface area contributed by atoms with Crippen molar-refractivity contribution in [1.29, 1.82) is 0 Å². The van der Waals surface area contributed by atoms with Crippen LogP contribution in [0.4, 0.5) is 0 Å². The van der Waals surface area contributed by atoms with Gasteiger partial charge >= 0.3 is 0 Å². The van der Waals surface area contributed by atoms with E-state index in [4.69, 9.17) is 0 Å². The maximum absolute atomic E-state index is 10.7. The smallest absolute Gasteiger partial charge is 0.130 e. The fourth-order valence-corrected chi connectivity index (χ4v) is 1.10. The molecule has 0 radical (unpaired) electrons. The van der Waals surface area contributed by atoms with Crippen LogP contribution in [0.15, 0.2) is 12.2 Å². The van der Waals surface area contributed by atoms with Gasteiger partial charge in [0.05, 0.1) is 0 Å². The van der Waals surface area contributed by atoms with Gasteiger partial charge in [-0.05, 0) is 25.2 Å². The highest BCUT2D eigenvalue weighted by molar-refractivity contribution is 5.75. The maximum atomic E-state index is 10.7. The SMILES string of the molecule is CC(=O)CC(C)C=CCC(C)C. The molecule has 0 bridgehead atoms. The van der Waals surface area contributed by atoms with E-state index in [2.05, 4.69) is 32.9 Å². The van der Waals surface area contributed by atoms with E-state index in [1.807, 2.05) is 0 Å². The lowest BCUT2D eigenvalue weighted by atomic mass is 10.0. The van der Waals surface area contributed by atoms with Crippen LogP contribution in [0.5, 0.6) is 0 Å². The lowest BCUT2D eigenvalue weighted by molar-refractivity contribution is -0.117. The lowest BCUT2D eigenvalue weighted by Crippen LogP contribution is -1.98. The van der Waals surface area contributed by atoms with Crippen molar-refractivity contribution >= 4 is 5.78 Å². The largest absolute Gasteiger partial charge is 0.300 e. The molecule has 1 atom stereocenters. The standard InChI is InChI=1S/C11H20O/c1-9(2)6-5-7-10(3)8-11(4)12/h5,7,9-10H,6,8H2,1-4H3. The monoisotopic (exact) mass is 168 g/mol. The van der Waals surface area contributed by atoms with Crippen LogP contribution < -0.4 is 0 Å². The molecule has 1 unspecified atom stereocenters. The molecule has 0 spiro atoms. The van der Waals surface area contributed by atoms with Crippen molar-refractivity contribution in [3.63, 3.8) is 0 Å². The highest BCUT2D eigenvalue weighted by Gasteiger charge is 2.00. The average Bonchev–Trinajstić information content (AvgIpc) is 1.84. The van der Waals surface area contributed by atoms with Gasteiger partial charge in [0.2, 0.25) is 0 Å². The number of carbonyl (C=O) groups is 1. The zero-order valence-corrected chi connectivity index (χ0v) is 8.63. The Morgan fingerprint density at radius 3 is 2.33 bits per heavy atom. The third-order valence-corrected chi connectivity index (χ3v) is 1.68. The summed E-state index contributed by atoms with van der Waals surface area (Å²) in [6, 6.07) is 0. The van der Waals surface area contributed by atoms with Crippen molar-refractivity contribution in [3.05, 3.63) is 12.2 Å². The summed E-state index contributed by atoms with van der Waals surface area (Å²) in [6.07, 6.45) is 6.11. The molecular formula is C11H20O. The molecule has 0 saturated heterocycles. The molecule has 1 nitrogen and oxygen atoms in total. The number of Topliss-reactive ketones (excluding diaryl/α,β-unsaturated/α-hetero) is 1. The fraction of sp³-hybridized carbons (Fsp3) is 0.727. The van der Waals surface area contributed by atoms with Gasteiger partial charge in [0, 0.05) is 6.42 Å². The van der Waals surface area contributed by atoms with Gasteiger partial charge < -0.3 is 4.79 Å². The summed E-state index contributed by atoms with van der Waals surface area (Å²) in [5.74, 6) is 1.39. The van der Waals surface area contributed by atoms with Crippen LogP contribution in [0, 0.1) is 11.8 Å². The zero-order valence-electron chi connectivity index (χ0n) is 8.63. The molecule has 0 aliphatic carbocycles. The predicted molar refractivity (Wildman–Crippen MR) is 53.1 cm³/mol. The second-order valence-electron chi connectivity index (χ2n) is 3.94. The number of allylic oxidation sites excluding steroid dienone is 2. The number of rotatable bonds is 5. The molecule has 0 fully saturated rings. The summed E-state index contributed by atoms with van der Waals surface area (Å²) in [5.41, 5.74) is 0. The van der Waals surface area contributed by atoms with Gasteiger partial charge in [-0.1, -0.05) is 32.9 Å². The predicted octanol–water partition coefficient (Wildman–Crippen LogP) is 3.20. The van der Waals surface area contributed by atoms with Crippen molar-refractivity contribution in [2.24, 2.45) is 11.8 Å². The highest BCUT2D eigenvalue weighted by atomic mass is 16.1. The molecule has 0 aliphatic heterocycles. The molecule has 0 rings (SSSR count). The number of carbonyl (C=O) groups excluding carboxylic acids is 1. The summed E-state index contributed by atoms with van der Waals surface area (Å²) in [7, 11) is 0. The van der Waals surface area contributed by atoms with Gasteiger partial charge in [0.25, 0.3) is 0 Å². The van der Waals surface area contributed by atoms with Crippen LogP contribution in [0.1, 0.15) is 40.5 Å². The minimum Gasteiger partial charge on any atom is -0.300 e. The van der Waals surface area contributed by atoms with Crippen LogP contribution in [-0.4, -0.2) is 5.78 Å². The van der Waals surface area contributed by atoms with Crippen LogP contribution in [0.2, 0.25) is 0 Å². The Balaban J connectivity index is 3.60. The van der Waals surface area contributed by atoms with Gasteiger partial charge in [0.15, 0.2) is 0 Å². The van der Waals surface area contributed by atoms with Gasteiger partial charge in [-0.25, -0.2) is 0 Å². The van der Waals surface area contributed by atoms with Crippen LogP contribution in [-0.2, 0) is 4.79 Å². The Bertz CT molecular complexity index is 156. The second kappa shape index (κ2) is 5.99. The first-order chi connectivity index (χ1) is 5.52. The Morgan fingerprint density at radius 2 is 1.92 bits per heavy atom. The van der Waals surface area contributed by atoms with Crippen molar-refractivity contribution in [1.82, 2.24) is 0 Å². The molecule has 0 amide bonds. The molecule has 12 heavy (non-hydrogen) atoms. The third kappa shape index (κ3) is 7.52. The van der Waals surface area contributed by atoms with Crippen molar-refractivity contribution in [2.75, 3.05) is 0 Å². The molecule has 70 valence electrons. The van der Waals surface area contributed by atoms with E-state index < -0.39 is 0 Å². The topological polar surface area (TPSA) is 17.1 Å². The number of hydrogen-bond donors (Lipinski definition) is 0. The first kappa shape index (κ1) is 11.4. The Kier molecular flexibility index (Phi) is 5.69. The van der Waals surface area contributed by atoms with Gasteiger partial charge in [-0.15, -0.1) is 0 Å². The Morgan fingerprint density at radius 1 is 1.33 bits per heavy atom. The van der Waals surface area contributed by atoms with Crippen molar-refractivity contribution < 1.29 is 4.79 Å². The minimum atomic E-state index is 0.275. The number of ketones is 1. The fourth-order valence-electron chi connectivity index (χ4n) is 1.10. The Hall–Kier alpha value is -0.590. The van der Waals surface area contributed by atoms with Gasteiger partial charge in [-0.2, -0.15) is 0 Å². The molecule has 1 heteroatoms. The van der Waals surface area contributed by atoms with E-state index in [-0.39, 0.29) is 5.78 Å². The lowest BCUT2D eigenvalue weighted by Gasteiger charge is -2.02. The normalized spacial score (nSPS) is 14.1. The second-order valence-corrected chi connectivity index (χ2v) is 3.94. The Labute approximate surface area is 75.9 Å². The van der Waals surface area contributed by atoms with E-state index in [9.17, 15) is 4.79 Å². The van der Waals surface area contributed by atoms with Gasteiger partial charge in [0.1, 0.15) is 5.78 Å². The van der Waals surface area contributed by atoms with Crippen LogP contribution in [0.25, 0.3) is 0 Å². The van der Waals surface area contributed by atoms with E-state index in [0.717, 1.165) is 6.42 Å². The first-order valence-corrected chi connectivity index (χ1v) is 4.68. The van der Waals surface area contributed by atoms with E-state index >= 15 is 0 Å². The summed E-state index contributed by atoms with van der Waals surface area (Å²) < 4.78 is 0. The zero-order chi connectivity index (χ0) is 9.56.